The van der Waals surface area contributed by atoms with Crippen molar-refractivity contribution < 1.29 is 9.59 Å². The van der Waals surface area contributed by atoms with Crippen LogP contribution in [-0.2, 0) is 11.2 Å². The maximum absolute atomic E-state index is 11.6. The van der Waals surface area contributed by atoms with Crippen LogP contribution in [0.3, 0.4) is 0 Å². The van der Waals surface area contributed by atoms with Crippen LogP contribution in [0.25, 0.3) is 0 Å². The molecule has 0 saturated heterocycles. The summed E-state index contributed by atoms with van der Waals surface area (Å²) in [7, 11) is 0. The van der Waals surface area contributed by atoms with E-state index in [1.807, 2.05) is 12.1 Å². The fraction of sp³-hybridized carbons (Fsp3) is 0.462. The molecule has 1 unspecified atom stereocenters. The van der Waals surface area contributed by atoms with Crippen molar-refractivity contribution in [1.82, 2.24) is 20.9 Å². The van der Waals surface area contributed by atoms with Crippen LogP contribution in [0.1, 0.15) is 19.4 Å². The largest absolute Gasteiger partial charge is 0.338 e. The molecule has 6 heteroatoms. The molecule has 1 aromatic heterocycles. The predicted octanol–water partition coefficient (Wildman–Crippen LogP) is 0.448. The Kier molecular flexibility index (Phi) is 6.52. The zero-order valence-electron chi connectivity index (χ0n) is 11.3. The van der Waals surface area contributed by atoms with Gasteiger partial charge >= 0.3 is 6.03 Å². The molecule has 0 fully saturated rings. The number of carbonyl (C=O) groups excluding carboxylic acids is 2. The van der Waals surface area contributed by atoms with Gasteiger partial charge < -0.3 is 10.6 Å². The Morgan fingerprint density at radius 3 is 2.63 bits per heavy atom. The lowest BCUT2D eigenvalue weighted by atomic mass is 10.2. The van der Waals surface area contributed by atoms with Crippen molar-refractivity contribution in [2.75, 3.05) is 13.1 Å². The van der Waals surface area contributed by atoms with Crippen LogP contribution in [0.4, 0.5) is 4.79 Å². The molecule has 104 valence electrons. The number of pyridine rings is 1. The van der Waals surface area contributed by atoms with E-state index in [4.69, 9.17) is 0 Å². The number of imide groups is 1. The Hall–Kier alpha value is -1.95. The molecule has 1 atom stereocenters. The number of hydrogen-bond donors (Lipinski definition) is 3. The molecular weight excluding hydrogens is 244 g/mol. The lowest BCUT2D eigenvalue weighted by Gasteiger charge is -2.13. The molecule has 0 saturated carbocycles. The van der Waals surface area contributed by atoms with E-state index in [-0.39, 0.29) is 5.91 Å². The maximum Gasteiger partial charge on any atom is 0.321 e. The van der Waals surface area contributed by atoms with E-state index in [1.165, 1.54) is 0 Å². The number of amides is 3. The van der Waals surface area contributed by atoms with Gasteiger partial charge in [-0.05, 0) is 44.5 Å². The number of nitrogens with zero attached hydrogens (tertiary/aromatic N) is 1. The second-order valence-corrected chi connectivity index (χ2v) is 4.13. The van der Waals surface area contributed by atoms with Gasteiger partial charge in [-0.1, -0.05) is 0 Å². The standard InChI is InChI=1S/C13H20N4O2/c1-3-15-13(19)17-12(18)10(2)16-9-6-11-4-7-14-8-5-11/h4-5,7-8,10,16H,3,6,9H2,1-2H3,(H2,15,17,18,19). The zero-order chi connectivity index (χ0) is 14.1. The molecule has 0 aliphatic rings. The Morgan fingerprint density at radius 1 is 1.32 bits per heavy atom. The van der Waals surface area contributed by atoms with Crippen LogP contribution < -0.4 is 16.0 Å². The average molecular weight is 264 g/mol. The molecule has 19 heavy (non-hydrogen) atoms. The third-order valence-corrected chi connectivity index (χ3v) is 2.58. The van der Waals surface area contributed by atoms with Crippen molar-refractivity contribution in [1.29, 1.82) is 0 Å². The molecule has 0 aromatic carbocycles. The Labute approximate surface area is 113 Å². The van der Waals surface area contributed by atoms with E-state index in [9.17, 15) is 9.59 Å². The first-order valence-electron chi connectivity index (χ1n) is 6.34. The van der Waals surface area contributed by atoms with Crippen LogP contribution in [0.15, 0.2) is 24.5 Å². The molecule has 3 N–H and O–H groups in total. The number of urea groups is 1. The Balaban J connectivity index is 2.25. The highest BCUT2D eigenvalue weighted by atomic mass is 16.2. The summed E-state index contributed by atoms with van der Waals surface area (Å²) in [6.07, 6.45) is 4.28. The molecular formula is C13H20N4O2. The van der Waals surface area contributed by atoms with Gasteiger partial charge in [-0.15, -0.1) is 0 Å². The number of carbonyl (C=O) groups is 2. The van der Waals surface area contributed by atoms with E-state index < -0.39 is 12.1 Å². The lowest BCUT2D eigenvalue weighted by Crippen LogP contribution is -2.48. The summed E-state index contributed by atoms with van der Waals surface area (Å²) in [6.45, 7) is 4.67. The molecule has 1 heterocycles. The van der Waals surface area contributed by atoms with Gasteiger partial charge in [-0.25, -0.2) is 4.79 Å². The fourth-order valence-electron chi connectivity index (χ4n) is 1.50. The van der Waals surface area contributed by atoms with Crippen molar-refractivity contribution >= 4 is 11.9 Å². The molecule has 6 nitrogen and oxygen atoms in total. The summed E-state index contributed by atoms with van der Waals surface area (Å²) in [6, 6.07) is 2.99. The van der Waals surface area contributed by atoms with Crippen LogP contribution in [0, 0.1) is 0 Å². The molecule has 0 aliphatic carbocycles. The first-order valence-corrected chi connectivity index (χ1v) is 6.34. The smallest absolute Gasteiger partial charge is 0.321 e. The van der Waals surface area contributed by atoms with Crippen molar-refractivity contribution in [3.8, 4) is 0 Å². The predicted molar refractivity (Wildman–Crippen MR) is 72.6 cm³/mol. The second-order valence-electron chi connectivity index (χ2n) is 4.13. The van der Waals surface area contributed by atoms with Crippen LogP contribution >= 0.6 is 0 Å². The highest BCUT2D eigenvalue weighted by Gasteiger charge is 2.14. The van der Waals surface area contributed by atoms with E-state index in [1.54, 1.807) is 26.2 Å². The van der Waals surface area contributed by atoms with E-state index in [2.05, 4.69) is 20.9 Å². The molecule has 0 bridgehead atoms. The van der Waals surface area contributed by atoms with E-state index in [0.717, 1.165) is 12.0 Å². The maximum atomic E-state index is 11.6. The average Bonchev–Trinajstić information content (AvgIpc) is 2.40. The summed E-state index contributed by atoms with van der Waals surface area (Å²) >= 11 is 0. The minimum absolute atomic E-state index is 0.333. The first kappa shape index (κ1) is 15.1. The van der Waals surface area contributed by atoms with Gasteiger partial charge in [0, 0.05) is 18.9 Å². The van der Waals surface area contributed by atoms with Gasteiger partial charge in [0.15, 0.2) is 0 Å². The van der Waals surface area contributed by atoms with Crippen molar-refractivity contribution in [2.45, 2.75) is 26.3 Å². The summed E-state index contributed by atoms with van der Waals surface area (Å²) in [5, 5.41) is 7.84. The summed E-state index contributed by atoms with van der Waals surface area (Å²) in [4.78, 5) is 26.7. The van der Waals surface area contributed by atoms with E-state index >= 15 is 0 Å². The van der Waals surface area contributed by atoms with Gasteiger partial charge in [-0.2, -0.15) is 0 Å². The van der Waals surface area contributed by atoms with Gasteiger partial charge in [0.25, 0.3) is 0 Å². The molecule has 1 aromatic rings. The summed E-state index contributed by atoms with van der Waals surface area (Å²) in [5.41, 5.74) is 1.15. The first-order chi connectivity index (χ1) is 9.13. The summed E-state index contributed by atoms with van der Waals surface area (Å²) < 4.78 is 0. The minimum Gasteiger partial charge on any atom is -0.338 e. The van der Waals surface area contributed by atoms with Gasteiger partial charge in [0.2, 0.25) is 5.91 Å². The summed E-state index contributed by atoms with van der Waals surface area (Å²) in [5.74, 6) is -0.333. The number of nitrogens with one attached hydrogen (secondary N) is 3. The molecule has 3 amide bonds. The third kappa shape index (κ3) is 5.96. The van der Waals surface area contributed by atoms with Crippen LogP contribution in [0.2, 0.25) is 0 Å². The molecule has 0 spiro atoms. The number of hydrogen-bond acceptors (Lipinski definition) is 4. The lowest BCUT2D eigenvalue weighted by molar-refractivity contribution is -0.121. The normalized spacial score (nSPS) is 11.7. The topological polar surface area (TPSA) is 83.1 Å². The fourth-order valence-corrected chi connectivity index (χ4v) is 1.50. The highest BCUT2D eigenvalue weighted by Crippen LogP contribution is 1.96. The highest BCUT2D eigenvalue weighted by molar-refractivity contribution is 5.96. The van der Waals surface area contributed by atoms with Gasteiger partial charge in [0.1, 0.15) is 0 Å². The Morgan fingerprint density at radius 2 is 2.00 bits per heavy atom. The van der Waals surface area contributed by atoms with Crippen LogP contribution in [-0.4, -0.2) is 36.1 Å². The Bertz CT molecular complexity index is 408. The quantitative estimate of drug-likeness (QED) is 0.696. The number of aromatic nitrogens is 1. The third-order valence-electron chi connectivity index (χ3n) is 2.58. The number of rotatable bonds is 6. The monoisotopic (exact) mass is 264 g/mol. The van der Waals surface area contributed by atoms with Crippen molar-refractivity contribution in [2.24, 2.45) is 0 Å². The van der Waals surface area contributed by atoms with Crippen molar-refractivity contribution in [3.05, 3.63) is 30.1 Å². The molecule has 0 radical (unpaired) electrons. The second kappa shape index (κ2) is 8.20. The zero-order valence-corrected chi connectivity index (χ0v) is 11.3. The van der Waals surface area contributed by atoms with Gasteiger partial charge in [0.05, 0.1) is 6.04 Å². The minimum atomic E-state index is -0.463. The van der Waals surface area contributed by atoms with Crippen LogP contribution in [0.5, 0.6) is 0 Å². The molecule has 0 aliphatic heterocycles. The van der Waals surface area contributed by atoms with Crippen molar-refractivity contribution in [3.63, 3.8) is 0 Å². The van der Waals surface area contributed by atoms with Gasteiger partial charge in [-0.3, -0.25) is 15.1 Å². The van der Waals surface area contributed by atoms with E-state index in [0.29, 0.717) is 13.1 Å². The molecule has 1 rings (SSSR count). The SMILES string of the molecule is CCNC(=O)NC(=O)C(C)NCCc1ccncc1.